The third-order valence-electron chi connectivity index (χ3n) is 3.65. The zero-order valence-electron chi connectivity index (χ0n) is 15.2. The monoisotopic (exact) mass is 357 g/mol. The molecule has 0 aromatic heterocycles. The average Bonchev–Trinajstić information content (AvgIpc) is 2.52. The molecule has 0 aliphatic rings. The molecular formula is C17H31NO5Si. The summed E-state index contributed by atoms with van der Waals surface area (Å²) in [6.07, 6.45) is 0.877. The lowest BCUT2D eigenvalue weighted by molar-refractivity contribution is 0.0701. The van der Waals surface area contributed by atoms with E-state index in [2.05, 4.69) is 4.90 Å². The van der Waals surface area contributed by atoms with Crippen molar-refractivity contribution in [3.05, 3.63) is 23.8 Å². The van der Waals surface area contributed by atoms with Gasteiger partial charge in [0.25, 0.3) is 0 Å². The molecule has 0 saturated heterocycles. The Morgan fingerprint density at radius 1 is 1.00 bits per heavy atom. The van der Waals surface area contributed by atoms with E-state index >= 15 is 0 Å². The van der Waals surface area contributed by atoms with Crippen LogP contribution in [0.2, 0.25) is 6.04 Å². The van der Waals surface area contributed by atoms with Crippen LogP contribution in [0.1, 0.15) is 32.8 Å². The molecule has 0 atom stereocenters. The SMILES string of the molecule is CCO[Si](CCCN(C)Cc1cccc(O)c1O)(OCC)OCC. The van der Waals surface area contributed by atoms with Gasteiger partial charge in [0, 0.05) is 38.0 Å². The van der Waals surface area contributed by atoms with Gasteiger partial charge < -0.3 is 28.4 Å². The topological polar surface area (TPSA) is 71.4 Å². The quantitative estimate of drug-likeness (QED) is 0.443. The largest absolute Gasteiger partial charge is 0.504 e. The molecule has 6 nitrogen and oxygen atoms in total. The Hall–Kier alpha value is -1.12. The second kappa shape index (κ2) is 10.7. The standard InChI is InChI=1S/C17H31NO5Si/c1-5-21-24(22-6-2,23-7-3)13-9-12-18(4)14-15-10-8-11-16(19)17(15)20/h8,10-11,19-20H,5-7,9,12-14H2,1-4H3. The summed E-state index contributed by atoms with van der Waals surface area (Å²) < 4.78 is 17.5. The smallest absolute Gasteiger partial charge is 0.500 e. The number of aromatic hydroxyl groups is 2. The van der Waals surface area contributed by atoms with Crippen molar-refractivity contribution in [3.63, 3.8) is 0 Å². The van der Waals surface area contributed by atoms with Crippen LogP contribution in [0.25, 0.3) is 0 Å². The van der Waals surface area contributed by atoms with Gasteiger partial charge in [0.2, 0.25) is 0 Å². The Balaban J connectivity index is 2.55. The molecule has 0 bridgehead atoms. The lowest BCUT2D eigenvalue weighted by Crippen LogP contribution is -2.46. The van der Waals surface area contributed by atoms with Gasteiger partial charge >= 0.3 is 8.80 Å². The summed E-state index contributed by atoms with van der Waals surface area (Å²) >= 11 is 0. The van der Waals surface area contributed by atoms with Gasteiger partial charge in [0.05, 0.1) is 0 Å². The highest BCUT2D eigenvalue weighted by Crippen LogP contribution is 2.29. The molecule has 1 aromatic rings. The normalized spacial score (nSPS) is 12.0. The first-order valence-electron chi connectivity index (χ1n) is 8.58. The third-order valence-corrected chi connectivity index (χ3v) is 6.81. The number of nitrogens with zero attached hydrogens (tertiary/aromatic N) is 1. The maximum atomic E-state index is 9.88. The summed E-state index contributed by atoms with van der Waals surface area (Å²) in [6.45, 7) is 8.99. The predicted octanol–water partition coefficient (Wildman–Crippen LogP) is 2.97. The van der Waals surface area contributed by atoms with E-state index in [0.29, 0.717) is 31.9 Å². The molecule has 0 radical (unpaired) electrons. The van der Waals surface area contributed by atoms with Crippen LogP contribution in [-0.2, 0) is 19.8 Å². The molecular weight excluding hydrogens is 326 g/mol. The van der Waals surface area contributed by atoms with Gasteiger partial charge in [-0.05, 0) is 46.9 Å². The van der Waals surface area contributed by atoms with E-state index in [1.54, 1.807) is 6.07 Å². The number of phenols is 2. The van der Waals surface area contributed by atoms with Crippen molar-refractivity contribution in [1.82, 2.24) is 4.90 Å². The molecule has 0 amide bonds. The van der Waals surface area contributed by atoms with E-state index in [0.717, 1.165) is 19.0 Å². The fraction of sp³-hybridized carbons (Fsp3) is 0.647. The maximum Gasteiger partial charge on any atom is 0.500 e. The van der Waals surface area contributed by atoms with Crippen LogP contribution < -0.4 is 0 Å². The summed E-state index contributed by atoms with van der Waals surface area (Å²) in [5, 5.41) is 19.4. The lowest BCUT2D eigenvalue weighted by Gasteiger charge is -2.29. The number of para-hydroxylation sites is 1. The highest BCUT2D eigenvalue weighted by molar-refractivity contribution is 6.60. The van der Waals surface area contributed by atoms with Crippen molar-refractivity contribution in [2.45, 2.75) is 39.8 Å². The first-order chi connectivity index (χ1) is 11.5. The summed E-state index contributed by atoms with van der Waals surface area (Å²) in [5.41, 5.74) is 0.709. The number of hydrogen-bond acceptors (Lipinski definition) is 6. The van der Waals surface area contributed by atoms with E-state index in [-0.39, 0.29) is 11.5 Å². The van der Waals surface area contributed by atoms with Crippen molar-refractivity contribution in [2.75, 3.05) is 33.4 Å². The van der Waals surface area contributed by atoms with Crippen LogP contribution in [-0.4, -0.2) is 57.3 Å². The van der Waals surface area contributed by atoms with Crippen LogP contribution in [0.15, 0.2) is 18.2 Å². The van der Waals surface area contributed by atoms with Gasteiger partial charge in [-0.3, -0.25) is 0 Å². The second-order valence-corrected chi connectivity index (χ2v) is 8.34. The van der Waals surface area contributed by atoms with Crippen molar-refractivity contribution in [2.24, 2.45) is 0 Å². The predicted molar refractivity (Wildman–Crippen MR) is 96.2 cm³/mol. The molecule has 0 heterocycles. The Kier molecular flexibility index (Phi) is 9.31. The summed E-state index contributed by atoms with van der Waals surface area (Å²) in [7, 11) is -0.609. The minimum atomic E-state index is -2.59. The minimum Gasteiger partial charge on any atom is -0.504 e. The van der Waals surface area contributed by atoms with Crippen LogP contribution in [0.5, 0.6) is 11.5 Å². The zero-order valence-corrected chi connectivity index (χ0v) is 16.2. The van der Waals surface area contributed by atoms with Crippen LogP contribution in [0.3, 0.4) is 0 Å². The van der Waals surface area contributed by atoms with E-state index < -0.39 is 8.80 Å². The summed E-state index contributed by atoms with van der Waals surface area (Å²) in [5.74, 6) is -0.137. The van der Waals surface area contributed by atoms with Crippen LogP contribution >= 0.6 is 0 Å². The van der Waals surface area contributed by atoms with Gasteiger partial charge in [-0.25, -0.2) is 0 Å². The molecule has 138 valence electrons. The highest BCUT2D eigenvalue weighted by Gasteiger charge is 2.39. The highest BCUT2D eigenvalue weighted by atomic mass is 28.4. The van der Waals surface area contributed by atoms with Crippen molar-refractivity contribution < 1.29 is 23.5 Å². The fourth-order valence-corrected chi connectivity index (χ4v) is 5.24. The summed E-state index contributed by atoms with van der Waals surface area (Å²) in [6, 6.07) is 5.78. The molecule has 0 fully saturated rings. The van der Waals surface area contributed by atoms with Crippen LogP contribution in [0, 0.1) is 0 Å². The molecule has 0 saturated carbocycles. The van der Waals surface area contributed by atoms with E-state index in [9.17, 15) is 10.2 Å². The average molecular weight is 358 g/mol. The van der Waals surface area contributed by atoms with E-state index in [1.807, 2.05) is 33.9 Å². The van der Waals surface area contributed by atoms with Crippen molar-refractivity contribution in [3.8, 4) is 11.5 Å². The fourth-order valence-electron chi connectivity index (χ4n) is 2.64. The number of benzene rings is 1. The Morgan fingerprint density at radius 3 is 2.12 bits per heavy atom. The number of rotatable bonds is 12. The molecule has 1 rings (SSSR count). The third kappa shape index (κ3) is 6.41. The Bertz CT molecular complexity index is 469. The van der Waals surface area contributed by atoms with Gasteiger partial charge in [-0.1, -0.05) is 12.1 Å². The molecule has 0 unspecified atom stereocenters. The molecule has 1 aromatic carbocycles. The van der Waals surface area contributed by atoms with Crippen LogP contribution in [0.4, 0.5) is 0 Å². The molecule has 0 aliphatic heterocycles. The van der Waals surface area contributed by atoms with E-state index in [4.69, 9.17) is 13.3 Å². The summed E-state index contributed by atoms with van der Waals surface area (Å²) in [4.78, 5) is 2.09. The van der Waals surface area contributed by atoms with Gasteiger partial charge in [0.1, 0.15) is 0 Å². The van der Waals surface area contributed by atoms with Gasteiger partial charge in [0.15, 0.2) is 11.5 Å². The molecule has 24 heavy (non-hydrogen) atoms. The van der Waals surface area contributed by atoms with Crippen molar-refractivity contribution >= 4 is 8.80 Å². The zero-order chi connectivity index (χ0) is 18.0. The molecule has 0 aliphatic carbocycles. The molecule has 2 N–H and O–H groups in total. The van der Waals surface area contributed by atoms with Gasteiger partial charge in [-0.2, -0.15) is 0 Å². The Morgan fingerprint density at radius 2 is 1.58 bits per heavy atom. The Labute approximate surface area is 146 Å². The first-order valence-corrected chi connectivity index (χ1v) is 10.5. The van der Waals surface area contributed by atoms with Crippen molar-refractivity contribution in [1.29, 1.82) is 0 Å². The number of phenolic OH excluding ortho intramolecular Hbond substituents is 2. The second-order valence-electron chi connectivity index (χ2n) is 5.61. The number of hydrogen-bond donors (Lipinski definition) is 2. The molecule has 0 spiro atoms. The van der Waals surface area contributed by atoms with Gasteiger partial charge in [-0.15, -0.1) is 0 Å². The lowest BCUT2D eigenvalue weighted by atomic mass is 10.1. The molecule has 7 heteroatoms. The van der Waals surface area contributed by atoms with E-state index in [1.165, 1.54) is 6.07 Å². The maximum absolute atomic E-state index is 9.88. The minimum absolute atomic E-state index is 0.0500. The first kappa shape index (κ1) is 20.9.